The topological polar surface area (TPSA) is 24.1 Å². The van der Waals surface area contributed by atoms with Crippen LogP contribution in [-0.2, 0) is 0 Å². The maximum Gasteiger partial charge on any atom is 0.000790 e. The predicted octanol–water partition coefficient (Wildman–Crippen LogP) is 3.18. The molecule has 0 aliphatic heterocycles. The molecule has 0 aromatic heterocycles. The van der Waals surface area contributed by atoms with E-state index in [1.807, 2.05) is 7.05 Å². The largest absolute Gasteiger partial charge is 0.320 e. The van der Waals surface area contributed by atoms with Crippen LogP contribution in [0.2, 0.25) is 0 Å². The maximum absolute atomic E-state index is 3.70. The Bertz CT molecular complexity index is 183. The first-order valence-corrected chi connectivity index (χ1v) is 7.54. The van der Waals surface area contributed by atoms with Crippen LogP contribution in [0.25, 0.3) is 0 Å². The molecule has 0 heterocycles. The molecule has 1 aliphatic carbocycles. The van der Waals surface area contributed by atoms with E-state index in [-0.39, 0.29) is 0 Å². The molecule has 102 valence electrons. The van der Waals surface area contributed by atoms with Crippen molar-refractivity contribution < 1.29 is 0 Å². The molecule has 0 unspecified atom stereocenters. The third kappa shape index (κ3) is 5.87. The van der Waals surface area contributed by atoms with Gasteiger partial charge >= 0.3 is 0 Å². The van der Waals surface area contributed by atoms with Crippen LogP contribution < -0.4 is 10.6 Å². The average molecular weight is 240 g/mol. The summed E-state index contributed by atoms with van der Waals surface area (Å²) in [5, 5.41) is 6.91. The average Bonchev–Trinajstić information content (AvgIpc) is 2.71. The minimum absolute atomic E-state index is 0.636. The van der Waals surface area contributed by atoms with Gasteiger partial charge in [0.2, 0.25) is 0 Å². The van der Waals surface area contributed by atoms with Crippen molar-refractivity contribution in [1.29, 1.82) is 0 Å². The smallest absolute Gasteiger partial charge is 0.000790 e. The molecule has 0 bridgehead atoms. The second-order valence-corrected chi connectivity index (χ2v) is 6.29. The molecule has 17 heavy (non-hydrogen) atoms. The molecule has 0 atom stereocenters. The molecule has 1 saturated carbocycles. The quantitative estimate of drug-likeness (QED) is 0.605. The van der Waals surface area contributed by atoms with Gasteiger partial charge in [0.15, 0.2) is 0 Å². The summed E-state index contributed by atoms with van der Waals surface area (Å²) >= 11 is 0. The molecule has 2 nitrogen and oxygen atoms in total. The van der Waals surface area contributed by atoms with E-state index < -0.39 is 0 Å². The lowest BCUT2D eigenvalue weighted by Gasteiger charge is -2.31. The lowest BCUT2D eigenvalue weighted by atomic mass is 9.78. The predicted molar refractivity (Wildman–Crippen MR) is 76.4 cm³/mol. The van der Waals surface area contributed by atoms with Gasteiger partial charge in [-0.15, -0.1) is 0 Å². The van der Waals surface area contributed by atoms with Crippen LogP contribution in [0, 0.1) is 11.3 Å². The van der Waals surface area contributed by atoms with Gasteiger partial charge in [-0.05, 0) is 63.6 Å². The van der Waals surface area contributed by atoms with Crippen molar-refractivity contribution in [3.63, 3.8) is 0 Å². The van der Waals surface area contributed by atoms with Crippen LogP contribution in [0.4, 0.5) is 0 Å². The van der Waals surface area contributed by atoms with E-state index in [4.69, 9.17) is 0 Å². The molecule has 0 aromatic carbocycles. The lowest BCUT2D eigenvalue weighted by Crippen LogP contribution is -2.34. The zero-order valence-corrected chi connectivity index (χ0v) is 12.1. The zero-order chi connectivity index (χ0) is 12.6. The second kappa shape index (κ2) is 8.10. The van der Waals surface area contributed by atoms with Crippen molar-refractivity contribution >= 4 is 0 Å². The van der Waals surface area contributed by atoms with Gasteiger partial charge in [0, 0.05) is 6.54 Å². The molecule has 1 aliphatic rings. The molecule has 0 spiro atoms. The second-order valence-electron chi connectivity index (χ2n) is 6.29. The van der Waals surface area contributed by atoms with Crippen molar-refractivity contribution in [1.82, 2.24) is 10.6 Å². The number of nitrogens with one attached hydrogen (secondary N) is 2. The first kappa shape index (κ1) is 15.0. The molecule has 0 aromatic rings. The SMILES string of the molecule is CNCCCCNCC1(CC(C)C)CCCC1. The molecule has 0 amide bonds. The molecule has 1 rings (SSSR count). The highest BCUT2D eigenvalue weighted by atomic mass is 14.9. The van der Waals surface area contributed by atoms with Crippen molar-refractivity contribution in [2.75, 3.05) is 26.7 Å². The van der Waals surface area contributed by atoms with Crippen LogP contribution in [0.1, 0.15) is 58.8 Å². The summed E-state index contributed by atoms with van der Waals surface area (Å²) in [5.74, 6) is 0.846. The minimum Gasteiger partial charge on any atom is -0.320 e. The number of rotatable bonds is 9. The highest BCUT2D eigenvalue weighted by Gasteiger charge is 2.33. The fourth-order valence-electron chi connectivity index (χ4n) is 3.35. The summed E-state index contributed by atoms with van der Waals surface area (Å²) in [6, 6.07) is 0. The Morgan fingerprint density at radius 2 is 1.71 bits per heavy atom. The molecule has 1 fully saturated rings. The highest BCUT2D eigenvalue weighted by molar-refractivity contribution is 4.87. The summed E-state index contributed by atoms with van der Waals surface area (Å²) in [6.45, 7) is 8.34. The summed E-state index contributed by atoms with van der Waals surface area (Å²) in [6.07, 6.45) is 9.82. The van der Waals surface area contributed by atoms with Crippen LogP contribution in [0.15, 0.2) is 0 Å². The van der Waals surface area contributed by atoms with E-state index in [0.29, 0.717) is 5.41 Å². The maximum atomic E-state index is 3.70. The van der Waals surface area contributed by atoms with Gasteiger partial charge in [-0.2, -0.15) is 0 Å². The number of unbranched alkanes of at least 4 members (excludes halogenated alkanes) is 1. The van der Waals surface area contributed by atoms with Crippen LogP contribution in [0.5, 0.6) is 0 Å². The molecular formula is C15H32N2. The van der Waals surface area contributed by atoms with Crippen molar-refractivity contribution in [2.45, 2.75) is 58.8 Å². The van der Waals surface area contributed by atoms with Gasteiger partial charge in [0.25, 0.3) is 0 Å². The Morgan fingerprint density at radius 1 is 1.06 bits per heavy atom. The monoisotopic (exact) mass is 240 g/mol. The fraction of sp³-hybridized carbons (Fsp3) is 1.00. The Kier molecular flexibility index (Phi) is 7.14. The molecule has 0 radical (unpaired) electrons. The summed E-state index contributed by atoms with van der Waals surface area (Å²) < 4.78 is 0. The van der Waals surface area contributed by atoms with Gasteiger partial charge in [-0.1, -0.05) is 26.7 Å². The van der Waals surface area contributed by atoms with Crippen molar-refractivity contribution in [3.8, 4) is 0 Å². The van der Waals surface area contributed by atoms with Gasteiger partial charge in [0.1, 0.15) is 0 Å². The van der Waals surface area contributed by atoms with Crippen molar-refractivity contribution in [3.05, 3.63) is 0 Å². The summed E-state index contributed by atoms with van der Waals surface area (Å²) in [4.78, 5) is 0. The Balaban J connectivity index is 2.16. The van der Waals surface area contributed by atoms with E-state index >= 15 is 0 Å². The molecule has 0 saturated heterocycles. The van der Waals surface area contributed by atoms with Crippen LogP contribution in [-0.4, -0.2) is 26.7 Å². The van der Waals surface area contributed by atoms with Crippen LogP contribution in [0.3, 0.4) is 0 Å². The zero-order valence-electron chi connectivity index (χ0n) is 12.1. The number of hydrogen-bond acceptors (Lipinski definition) is 2. The van der Waals surface area contributed by atoms with E-state index in [1.54, 1.807) is 0 Å². The lowest BCUT2D eigenvalue weighted by molar-refractivity contribution is 0.224. The Labute approximate surface area is 108 Å². The Morgan fingerprint density at radius 3 is 2.29 bits per heavy atom. The molecule has 2 N–H and O–H groups in total. The van der Waals surface area contributed by atoms with E-state index in [0.717, 1.165) is 12.5 Å². The van der Waals surface area contributed by atoms with E-state index in [1.165, 1.54) is 58.0 Å². The first-order valence-electron chi connectivity index (χ1n) is 7.54. The van der Waals surface area contributed by atoms with Gasteiger partial charge in [0.05, 0.1) is 0 Å². The minimum atomic E-state index is 0.636. The van der Waals surface area contributed by atoms with Gasteiger partial charge < -0.3 is 10.6 Å². The standard InChI is InChI=1S/C15H32N2/c1-14(2)12-15(8-4-5-9-15)13-17-11-7-6-10-16-3/h14,16-17H,4-13H2,1-3H3. The van der Waals surface area contributed by atoms with E-state index in [9.17, 15) is 0 Å². The third-order valence-electron chi connectivity index (χ3n) is 4.04. The summed E-state index contributed by atoms with van der Waals surface area (Å²) in [7, 11) is 2.03. The van der Waals surface area contributed by atoms with Gasteiger partial charge in [-0.3, -0.25) is 0 Å². The van der Waals surface area contributed by atoms with Crippen LogP contribution >= 0.6 is 0 Å². The normalized spacial score (nSPS) is 19.1. The first-order chi connectivity index (χ1) is 8.18. The van der Waals surface area contributed by atoms with Crippen molar-refractivity contribution in [2.24, 2.45) is 11.3 Å². The fourth-order valence-corrected chi connectivity index (χ4v) is 3.35. The molecule has 2 heteroatoms. The highest BCUT2D eigenvalue weighted by Crippen LogP contribution is 2.42. The number of hydrogen-bond donors (Lipinski definition) is 2. The third-order valence-corrected chi connectivity index (χ3v) is 4.04. The van der Waals surface area contributed by atoms with E-state index in [2.05, 4.69) is 24.5 Å². The summed E-state index contributed by atoms with van der Waals surface area (Å²) in [5.41, 5.74) is 0.636. The molecular weight excluding hydrogens is 208 g/mol. The Hall–Kier alpha value is -0.0800. The van der Waals surface area contributed by atoms with Gasteiger partial charge in [-0.25, -0.2) is 0 Å².